The number of ether oxygens (including phenoxy) is 1. The van der Waals surface area contributed by atoms with Gasteiger partial charge in [0.25, 0.3) is 6.33 Å². The number of imidazole rings is 1. The maximum absolute atomic E-state index is 6.96. The second-order valence-corrected chi connectivity index (χ2v) is 20.9. The van der Waals surface area contributed by atoms with E-state index in [4.69, 9.17) is 9.72 Å². The Morgan fingerprint density at radius 3 is 1.78 bits per heavy atom. The molecule has 74 heavy (non-hydrogen) atoms. The second kappa shape index (κ2) is 20.4. The minimum Gasteiger partial charge on any atom is -0.510 e. The molecule has 11 aromatic rings. The third kappa shape index (κ3) is 9.35. The first-order valence-electron chi connectivity index (χ1n) is 25.5. The molecule has 5 nitrogen and oxygen atoms in total. The monoisotopic (exact) mass is 1140 g/mol. The molecule has 0 fully saturated rings. The molecule has 3 heterocycles. The van der Waals surface area contributed by atoms with Crippen LogP contribution >= 0.6 is 0 Å². The molecule has 370 valence electrons. The summed E-state index contributed by atoms with van der Waals surface area (Å²) in [5.74, 6) is 2.53. The summed E-state index contributed by atoms with van der Waals surface area (Å²) in [7, 11) is 0. The Labute approximate surface area is 451 Å². The first-order chi connectivity index (χ1) is 35.3. The predicted molar refractivity (Wildman–Crippen MR) is 299 cm³/mol. The van der Waals surface area contributed by atoms with E-state index >= 15 is 0 Å². The SMILES string of the molecule is CC(C)c1cccc(C(C)C)c1-c1cn(-c2[c-]c(Oc3[c-]c4c(cc3)c3ccccc3n4-c3cc(C(C)(C)c4ccccc4)ccn3)cc(-c3ccccc3)c2)[c-][n+]1-c1cccc(C(C)(C)c2ccccc2)c1.[Pt]. The molecule has 0 amide bonds. The number of rotatable bonds is 13. The number of nitrogens with zero attached hydrogens (tertiary/aromatic N) is 4. The van der Waals surface area contributed by atoms with Crippen molar-refractivity contribution in [3.05, 3.63) is 258 Å². The van der Waals surface area contributed by atoms with Gasteiger partial charge < -0.3 is 13.9 Å². The fourth-order valence-electron chi connectivity index (χ4n) is 10.5. The molecule has 8 aromatic carbocycles. The largest absolute Gasteiger partial charge is 0.510 e. The van der Waals surface area contributed by atoms with Crippen LogP contribution in [0.2, 0.25) is 0 Å². The van der Waals surface area contributed by atoms with Crippen molar-refractivity contribution in [3.8, 4) is 51.1 Å². The molecule has 11 rings (SSSR count). The average Bonchev–Trinajstić information content (AvgIpc) is 4.01. The molecule has 0 atom stereocenters. The molecule has 6 heteroatoms. The van der Waals surface area contributed by atoms with Gasteiger partial charge in [-0.25, -0.2) is 4.98 Å². The van der Waals surface area contributed by atoms with Crippen molar-refractivity contribution in [2.24, 2.45) is 0 Å². The van der Waals surface area contributed by atoms with Crippen LogP contribution in [0.3, 0.4) is 0 Å². The molecule has 0 bridgehead atoms. The minimum atomic E-state index is -0.248. The number of para-hydroxylation sites is 1. The zero-order valence-electron chi connectivity index (χ0n) is 43.3. The van der Waals surface area contributed by atoms with E-state index in [1.807, 2.05) is 18.3 Å². The van der Waals surface area contributed by atoms with Gasteiger partial charge in [0.1, 0.15) is 5.82 Å². The molecule has 0 spiro atoms. The molecule has 0 aliphatic carbocycles. The third-order valence-electron chi connectivity index (χ3n) is 14.8. The Morgan fingerprint density at radius 2 is 1.12 bits per heavy atom. The molecule has 0 aliphatic rings. The van der Waals surface area contributed by atoms with Crippen LogP contribution in [0.5, 0.6) is 11.5 Å². The van der Waals surface area contributed by atoms with Crippen LogP contribution in [-0.4, -0.2) is 14.1 Å². The minimum absolute atomic E-state index is 0. The number of aromatic nitrogens is 4. The number of benzene rings is 8. The summed E-state index contributed by atoms with van der Waals surface area (Å²) in [6, 6.07) is 76.3. The molecular formula is C68H60N4OPt-2. The molecule has 3 aromatic heterocycles. The van der Waals surface area contributed by atoms with Crippen molar-refractivity contribution in [3.63, 3.8) is 0 Å². The van der Waals surface area contributed by atoms with Crippen LogP contribution in [0.15, 0.2) is 207 Å². The smallest absolute Gasteiger partial charge is 0.267 e. The van der Waals surface area contributed by atoms with Crippen molar-refractivity contribution in [2.75, 3.05) is 0 Å². The Kier molecular flexibility index (Phi) is 13.8. The second-order valence-electron chi connectivity index (χ2n) is 20.9. The Hall–Kier alpha value is -7.59. The van der Waals surface area contributed by atoms with Crippen LogP contribution in [0.25, 0.3) is 61.4 Å². The van der Waals surface area contributed by atoms with Crippen molar-refractivity contribution >= 4 is 21.8 Å². The zero-order valence-corrected chi connectivity index (χ0v) is 45.6. The van der Waals surface area contributed by atoms with E-state index in [-0.39, 0.29) is 43.7 Å². The van der Waals surface area contributed by atoms with Gasteiger partial charge >= 0.3 is 0 Å². The quantitative estimate of drug-likeness (QED) is 0.0852. The molecule has 0 unspecified atom stereocenters. The van der Waals surface area contributed by atoms with Gasteiger partial charge in [-0.15, -0.1) is 35.2 Å². The van der Waals surface area contributed by atoms with Crippen LogP contribution < -0.4 is 9.30 Å². The fraction of sp³-hybridized carbons (Fsp3) is 0.176. The topological polar surface area (TPSA) is 35.9 Å². The van der Waals surface area contributed by atoms with Crippen LogP contribution in [-0.2, 0) is 31.9 Å². The molecule has 0 radical (unpaired) electrons. The molecule has 0 aliphatic heterocycles. The van der Waals surface area contributed by atoms with Gasteiger partial charge in [-0.3, -0.25) is 4.57 Å². The van der Waals surface area contributed by atoms with E-state index in [1.54, 1.807) is 0 Å². The van der Waals surface area contributed by atoms with Gasteiger partial charge in [-0.05, 0) is 97.7 Å². The van der Waals surface area contributed by atoms with Crippen LogP contribution in [0.1, 0.15) is 101 Å². The zero-order chi connectivity index (χ0) is 50.4. The Morgan fingerprint density at radius 1 is 0.527 bits per heavy atom. The summed E-state index contributed by atoms with van der Waals surface area (Å²) < 4.78 is 13.5. The molecule has 0 saturated carbocycles. The summed E-state index contributed by atoms with van der Waals surface area (Å²) in [4.78, 5) is 4.99. The Balaban J connectivity index is 0.00000626. The van der Waals surface area contributed by atoms with E-state index in [0.29, 0.717) is 11.5 Å². The summed E-state index contributed by atoms with van der Waals surface area (Å²) in [5.41, 5.74) is 15.1. The van der Waals surface area contributed by atoms with Crippen molar-refractivity contribution < 1.29 is 30.4 Å². The fourth-order valence-corrected chi connectivity index (χ4v) is 10.5. The molecule has 0 N–H and O–H groups in total. The van der Waals surface area contributed by atoms with Gasteiger partial charge in [-0.2, -0.15) is 12.1 Å². The van der Waals surface area contributed by atoms with Gasteiger partial charge in [-0.1, -0.05) is 200 Å². The van der Waals surface area contributed by atoms with E-state index in [2.05, 4.69) is 276 Å². The van der Waals surface area contributed by atoms with Gasteiger partial charge in [0.15, 0.2) is 0 Å². The van der Waals surface area contributed by atoms with Crippen molar-refractivity contribution in [1.29, 1.82) is 0 Å². The summed E-state index contributed by atoms with van der Waals surface area (Å²) in [6.07, 6.45) is 8.00. The number of fused-ring (bicyclic) bond motifs is 3. The van der Waals surface area contributed by atoms with Crippen molar-refractivity contribution in [1.82, 2.24) is 14.1 Å². The molecule has 0 saturated heterocycles. The maximum atomic E-state index is 6.96. The van der Waals surface area contributed by atoms with Gasteiger partial charge in [0.2, 0.25) is 0 Å². The number of pyridine rings is 1. The van der Waals surface area contributed by atoms with Crippen LogP contribution in [0.4, 0.5) is 0 Å². The predicted octanol–water partition coefficient (Wildman–Crippen LogP) is 16.7. The third-order valence-corrected chi connectivity index (χ3v) is 14.8. The average molecular weight is 1140 g/mol. The van der Waals surface area contributed by atoms with E-state index < -0.39 is 0 Å². The van der Waals surface area contributed by atoms with E-state index in [0.717, 1.165) is 55.8 Å². The van der Waals surface area contributed by atoms with E-state index in [9.17, 15) is 0 Å². The number of hydrogen-bond donors (Lipinski definition) is 0. The first-order valence-corrected chi connectivity index (χ1v) is 25.5. The molecular weight excluding hydrogens is 1080 g/mol. The normalized spacial score (nSPS) is 11.9. The van der Waals surface area contributed by atoms with Crippen LogP contribution in [0, 0.1) is 18.5 Å². The van der Waals surface area contributed by atoms with Crippen molar-refractivity contribution in [2.45, 2.75) is 78.1 Å². The Bertz CT molecular complexity index is 3750. The first kappa shape index (κ1) is 50.0. The van der Waals surface area contributed by atoms with Gasteiger partial charge in [0, 0.05) is 61.3 Å². The maximum Gasteiger partial charge on any atom is 0.267 e. The van der Waals surface area contributed by atoms with E-state index in [1.165, 1.54) is 38.9 Å². The summed E-state index contributed by atoms with van der Waals surface area (Å²) in [6.45, 7) is 18.3. The summed E-state index contributed by atoms with van der Waals surface area (Å²) in [5, 5.41) is 2.19. The standard InChI is InChI=1S/C68H60N4O.Pt/c1-46(2)58-31-21-32-59(47(3)4)66(58)64-44-70(45-71(64)54-29-20-28-52(40-54)67(5,6)50-24-14-10-15-25-50)55-38-49(48-22-12-9-13-23-48)39-57(42-55)73-56-34-35-61-60-30-18-19-33-62(60)72(63(61)43-56)65-41-53(36-37-69-65)68(7,8)51-26-16-11-17-27-51;/h9-41,44,46-47H,1-8H3;/q-2;. The summed E-state index contributed by atoms with van der Waals surface area (Å²) >= 11 is 0. The number of hydrogen-bond acceptors (Lipinski definition) is 2. The van der Waals surface area contributed by atoms with Gasteiger partial charge in [0.05, 0.1) is 11.4 Å².